The first-order valence-corrected chi connectivity index (χ1v) is 7.09. The van der Waals surface area contributed by atoms with Gasteiger partial charge in [0.1, 0.15) is 11.4 Å². The molecule has 0 spiro atoms. The molecule has 3 rings (SSSR count). The van der Waals surface area contributed by atoms with Crippen LogP contribution in [0.1, 0.15) is 32.1 Å². The second kappa shape index (κ2) is 6.04. The molecule has 7 nitrogen and oxygen atoms in total. The van der Waals surface area contributed by atoms with E-state index in [1.165, 1.54) is 11.8 Å². The van der Waals surface area contributed by atoms with Crippen molar-refractivity contribution in [2.24, 2.45) is 0 Å². The number of rotatable bonds is 3. The molecular weight excluding hydrogens is 298 g/mol. The van der Waals surface area contributed by atoms with Gasteiger partial charge >= 0.3 is 5.97 Å². The van der Waals surface area contributed by atoms with Gasteiger partial charge in [0.05, 0.1) is 19.5 Å². The summed E-state index contributed by atoms with van der Waals surface area (Å²) in [6, 6.07) is 5.85. The first kappa shape index (κ1) is 15.0. The fraction of sp³-hybridized carbons (Fsp3) is 0.250. The van der Waals surface area contributed by atoms with E-state index < -0.39 is 5.97 Å². The summed E-state index contributed by atoms with van der Waals surface area (Å²) in [5.74, 6) is -0.679. The predicted molar refractivity (Wildman–Crippen MR) is 80.4 cm³/mol. The molecule has 1 aliphatic rings. The van der Waals surface area contributed by atoms with Crippen LogP contribution in [0.4, 0.5) is 0 Å². The zero-order valence-electron chi connectivity index (χ0n) is 12.5. The standard InChI is InChI=1S/C16H15N3O4/c1-23-12-3-2-10-4-5-19(9-11(10)6-12)15(20)13-7-18-14(8-17-13)16(21)22/h2-3,6-8H,4-5,9H2,1H3,(H,21,22). The van der Waals surface area contributed by atoms with Crippen LogP contribution >= 0.6 is 0 Å². The summed E-state index contributed by atoms with van der Waals surface area (Å²) in [5.41, 5.74) is 2.19. The molecule has 0 bridgehead atoms. The lowest BCUT2D eigenvalue weighted by Gasteiger charge is -2.28. The molecule has 0 saturated carbocycles. The van der Waals surface area contributed by atoms with Crippen LogP contribution < -0.4 is 4.74 Å². The summed E-state index contributed by atoms with van der Waals surface area (Å²) in [6.45, 7) is 1.05. The van der Waals surface area contributed by atoms with Crippen molar-refractivity contribution in [1.82, 2.24) is 14.9 Å². The maximum atomic E-state index is 12.5. The number of carbonyl (C=O) groups is 2. The first-order chi connectivity index (χ1) is 11.1. The molecule has 1 aliphatic heterocycles. The third-order valence-corrected chi connectivity index (χ3v) is 3.80. The van der Waals surface area contributed by atoms with E-state index in [4.69, 9.17) is 9.84 Å². The van der Waals surface area contributed by atoms with E-state index in [0.29, 0.717) is 13.1 Å². The number of carboxylic acids is 1. The average Bonchev–Trinajstić information content (AvgIpc) is 2.60. The Balaban J connectivity index is 1.79. The molecule has 1 aromatic carbocycles. The van der Waals surface area contributed by atoms with Crippen LogP contribution in [0.3, 0.4) is 0 Å². The number of aromatic carboxylic acids is 1. The maximum absolute atomic E-state index is 12.5. The molecule has 0 aliphatic carbocycles. The van der Waals surface area contributed by atoms with Gasteiger partial charge in [0, 0.05) is 13.1 Å². The van der Waals surface area contributed by atoms with Crippen molar-refractivity contribution in [1.29, 1.82) is 0 Å². The van der Waals surface area contributed by atoms with Crippen LogP contribution in [0.15, 0.2) is 30.6 Å². The van der Waals surface area contributed by atoms with Gasteiger partial charge in [0.15, 0.2) is 5.69 Å². The lowest BCUT2D eigenvalue weighted by molar-refractivity contribution is 0.0683. The van der Waals surface area contributed by atoms with Crippen LogP contribution in [0.25, 0.3) is 0 Å². The molecular formula is C16H15N3O4. The first-order valence-electron chi connectivity index (χ1n) is 7.09. The molecule has 0 saturated heterocycles. The maximum Gasteiger partial charge on any atom is 0.356 e. The second-order valence-corrected chi connectivity index (χ2v) is 5.20. The Bertz CT molecular complexity index is 758. The lowest BCUT2D eigenvalue weighted by Crippen LogP contribution is -2.36. The van der Waals surface area contributed by atoms with Gasteiger partial charge in [0.25, 0.3) is 5.91 Å². The van der Waals surface area contributed by atoms with Crippen molar-refractivity contribution < 1.29 is 19.4 Å². The predicted octanol–water partition coefficient (Wildman–Crippen LogP) is 1.38. The van der Waals surface area contributed by atoms with Gasteiger partial charge < -0.3 is 14.7 Å². The molecule has 1 aromatic heterocycles. The minimum absolute atomic E-state index is 0.140. The van der Waals surface area contributed by atoms with Gasteiger partial charge in [-0.3, -0.25) is 4.79 Å². The summed E-state index contributed by atoms with van der Waals surface area (Å²) in [6.07, 6.45) is 3.05. The minimum Gasteiger partial charge on any atom is -0.497 e. The molecule has 0 radical (unpaired) electrons. The molecule has 1 amide bonds. The van der Waals surface area contributed by atoms with Gasteiger partial charge in [-0.05, 0) is 29.7 Å². The summed E-state index contributed by atoms with van der Waals surface area (Å²) in [4.78, 5) is 32.6. The molecule has 0 unspecified atom stereocenters. The van der Waals surface area contributed by atoms with Gasteiger partial charge in [-0.15, -0.1) is 0 Å². The van der Waals surface area contributed by atoms with Crippen LogP contribution in [0, 0.1) is 0 Å². The zero-order chi connectivity index (χ0) is 16.4. The number of carbonyl (C=O) groups excluding carboxylic acids is 1. The number of aromatic nitrogens is 2. The molecule has 118 valence electrons. The quantitative estimate of drug-likeness (QED) is 0.920. The fourth-order valence-corrected chi connectivity index (χ4v) is 2.54. The number of benzene rings is 1. The smallest absolute Gasteiger partial charge is 0.356 e. The number of hydrogen-bond donors (Lipinski definition) is 1. The largest absolute Gasteiger partial charge is 0.497 e. The molecule has 1 N–H and O–H groups in total. The number of ether oxygens (including phenoxy) is 1. The van der Waals surface area contributed by atoms with Crippen molar-refractivity contribution in [2.45, 2.75) is 13.0 Å². The average molecular weight is 313 g/mol. The third kappa shape index (κ3) is 2.98. The number of hydrogen-bond acceptors (Lipinski definition) is 5. The van der Waals surface area contributed by atoms with Crippen molar-refractivity contribution in [2.75, 3.05) is 13.7 Å². The van der Waals surface area contributed by atoms with Gasteiger partial charge in [0.2, 0.25) is 0 Å². The second-order valence-electron chi connectivity index (χ2n) is 5.20. The summed E-state index contributed by atoms with van der Waals surface area (Å²) in [7, 11) is 1.60. The van der Waals surface area contributed by atoms with Crippen molar-refractivity contribution >= 4 is 11.9 Å². The molecule has 0 fully saturated rings. The molecule has 7 heteroatoms. The van der Waals surface area contributed by atoms with E-state index in [1.807, 2.05) is 18.2 Å². The number of fused-ring (bicyclic) bond motifs is 1. The Morgan fingerprint density at radius 3 is 2.57 bits per heavy atom. The van der Waals surface area contributed by atoms with Gasteiger partial charge in [-0.25, -0.2) is 14.8 Å². The van der Waals surface area contributed by atoms with E-state index in [-0.39, 0.29) is 17.3 Å². The third-order valence-electron chi connectivity index (χ3n) is 3.80. The summed E-state index contributed by atoms with van der Waals surface area (Å²) >= 11 is 0. The molecule has 23 heavy (non-hydrogen) atoms. The Kier molecular flexibility index (Phi) is 3.92. The summed E-state index contributed by atoms with van der Waals surface area (Å²) < 4.78 is 5.21. The number of carboxylic acid groups (broad SMARTS) is 1. The summed E-state index contributed by atoms with van der Waals surface area (Å²) in [5, 5.41) is 8.81. The zero-order valence-corrected chi connectivity index (χ0v) is 12.5. The van der Waals surface area contributed by atoms with Crippen LogP contribution in [0.2, 0.25) is 0 Å². The highest BCUT2D eigenvalue weighted by atomic mass is 16.5. The number of amides is 1. The van der Waals surface area contributed by atoms with Crippen molar-refractivity contribution in [3.8, 4) is 5.75 Å². The van der Waals surface area contributed by atoms with Crippen LogP contribution in [-0.2, 0) is 13.0 Å². The van der Waals surface area contributed by atoms with E-state index in [2.05, 4.69) is 9.97 Å². The normalized spacial score (nSPS) is 13.3. The Morgan fingerprint density at radius 1 is 1.17 bits per heavy atom. The van der Waals surface area contributed by atoms with Crippen LogP contribution in [-0.4, -0.2) is 45.5 Å². The van der Waals surface area contributed by atoms with E-state index in [1.54, 1.807) is 12.0 Å². The minimum atomic E-state index is -1.17. The number of nitrogens with zero attached hydrogens (tertiary/aromatic N) is 3. The molecule has 2 aromatic rings. The van der Waals surface area contributed by atoms with E-state index in [9.17, 15) is 9.59 Å². The highest BCUT2D eigenvalue weighted by Gasteiger charge is 2.23. The lowest BCUT2D eigenvalue weighted by atomic mass is 9.99. The van der Waals surface area contributed by atoms with E-state index >= 15 is 0 Å². The Morgan fingerprint density at radius 2 is 1.91 bits per heavy atom. The number of methoxy groups -OCH3 is 1. The van der Waals surface area contributed by atoms with E-state index in [0.717, 1.165) is 23.9 Å². The SMILES string of the molecule is COc1ccc2c(c1)CN(C(=O)c1cnc(C(=O)O)cn1)CC2. The Labute approximate surface area is 132 Å². The highest BCUT2D eigenvalue weighted by molar-refractivity contribution is 5.93. The monoisotopic (exact) mass is 313 g/mol. The fourth-order valence-electron chi connectivity index (χ4n) is 2.54. The Hall–Kier alpha value is -2.96. The topological polar surface area (TPSA) is 92.6 Å². The van der Waals surface area contributed by atoms with Gasteiger partial charge in [-0.1, -0.05) is 6.07 Å². The molecule has 2 heterocycles. The van der Waals surface area contributed by atoms with Crippen molar-refractivity contribution in [3.63, 3.8) is 0 Å². The molecule has 0 atom stereocenters. The van der Waals surface area contributed by atoms with Crippen LogP contribution in [0.5, 0.6) is 5.75 Å². The van der Waals surface area contributed by atoms with Crippen molar-refractivity contribution in [3.05, 3.63) is 53.1 Å². The van der Waals surface area contributed by atoms with Gasteiger partial charge in [-0.2, -0.15) is 0 Å². The highest BCUT2D eigenvalue weighted by Crippen LogP contribution is 2.24.